The highest BCUT2D eigenvalue weighted by molar-refractivity contribution is 6.21. The van der Waals surface area contributed by atoms with Crippen LogP contribution in [0.2, 0.25) is 0 Å². The minimum absolute atomic E-state index is 0.133. The van der Waals surface area contributed by atoms with E-state index in [1.54, 1.807) is 12.1 Å². The summed E-state index contributed by atoms with van der Waals surface area (Å²) in [6.07, 6.45) is 3.12. The standard InChI is InChI=1S/C25H28N4O3/c1-16(2)17-7-9-19(10-8-17)29-24(31)22(28-25(29)32)11-12-23(30)26-14-13-18-15-27-21-6-4-3-5-20(18)21/h3-10,15-16,22,27H,11-14H2,1-2H3,(H,26,30)(H,28,32). The molecule has 1 aliphatic heterocycles. The predicted octanol–water partition coefficient (Wildman–Crippen LogP) is 3.86. The van der Waals surface area contributed by atoms with Crippen LogP contribution in [0.15, 0.2) is 54.7 Å². The molecule has 7 nitrogen and oxygen atoms in total. The summed E-state index contributed by atoms with van der Waals surface area (Å²) in [6, 6.07) is 14.3. The molecule has 166 valence electrons. The van der Waals surface area contributed by atoms with Crippen molar-refractivity contribution < 1.29 is 14.4 Å². The van der Waals surface area contributed by atoms with Crippen molar-refractivity contribution in [2.45, 2.75) is 45.1 Å². The quantitative estimate of drug-likeness (QED) is 0.472. The Hall–Kier alpha value is -3.61. The number of amides is 4. The van der Waals surface area contributed by atoms with Gasteiger partial charge in [-0.2, -0.15) is 0 Å². The molecule has 0 bridgehead atoms. The first-order valence-electron chi connectivity index (χ1n) is 11.0. The molecule has 1 unspecified atom stereocenters. The molecule has 0 radical (unpaired) electrons. The molecule has 32 heavy (non-hydrogen) atoms. The Kier molecular flexibility index (Phi) is 6.25. The number of aromatic amines is 1. The summed E-state index contributed by atoms with van der Waals surface area (Å²) in [6.45, 7) is 4.69. The van der Waals surface area contributed by atoms with Gasteiger partial charge >= 0.3 is 6.03 Å². The van der Waals surface area contributed by atoms with Gasteiger partial charge in [-0.05, 0) is 48.1 Å². The van der Waals surface area contributed by atoms with E-state index in [4.69, 9.17) is 0 Å². The fourth-order valence-corrected chi connectivity index (χ4v) is 4.02. The molecule has 0 spiro atoms. The maximum absolute atomic E-state index is 12.7. The molecule has 0 saturated carbocycles. The molecule has 4 amide bonds. The van der Waals surface area contributed by atoms with Crippen LogP contribution in [0.1, 0.15) is 43.7 Å². The molecule has 1 aromatic heterocycles. The summed E-state index contributed by atoms with van der Waals surface area (Å²) in [4.78, 5) is 41.8. The van der Waals surface area contributed by atoms with Gasteiger partial charge in [0.05, 0.1) is 5.69 Å². The average molecular weight is 433 g/mol. The molecule has 0 aliphatic carbocycles. The van der Waals surface area contributed by atoms with Crippen LogP contribution in [0.5, 0.6) is 0 Å². The molecule has 1 atom stereocenters. The maximum atomic E-state index is 12.7. The van der Waals surface area contributed by atoms with Gasteiger partial charge in [-0.15, -0.1) is 0 Å². The number of carbonyl (C=O) groups is 3. The molecule has 1 fully saturated rings. The molecule has 4 rings (SSSR count). The highest BCUT2D eigenvalue weighted by Crippen LogP contribution is 2.24. The summed E-state index contributed by atoms with van der Waals surface area (Å²) >= 11 is 0. The number of benzene rings is 2. The van der Waals surface area contributed by atoms with Crippen LogP contribution in [0.25, 0.3) is 10.9 Å². The monoisotopic (exact) mass is 432 g/mol. The smallest absolute Gasteiger partial charge is 0.329 e. The van der Waals surface area contributed by atoms with E-state index in [1.165, 1.54) is 0 Å². The van der Waals surface area contributed by atoms with Crippen LogP contribution >= 0.6 is 0 Å². The van der Waals surface area contributed by atoms with Crippen molar-refractivity contribution in [2.75, 3.05) is 11.4 Å². The molecule has 3 aromatic rings. The van der Waals surface area contributed by atoms with Gasteiger partial charge in [0.2, 0.25) is 5.91 Å². The molecular weight excluding hydrogens is 404 g/mol. The normalized spacial score (nSPS) is 16.1. The second kappa shape index (κ2) is 9.26. The Morgan fingerprint density at radius 1 is 1.09 bits per heavy atom. The van der Waals surface area contributed by atoms with Gasteiger partial charge in [0.25, 0.3) is 5.91 Å². The number of aromatic nitrogens is 1. The molecule has 1 saturated heterocycles. The number of hydrogen-bond acceptors (Lipinski definition) is 3. The fraction of sp³-hybridized carbons (Fsp3) is 0.320. The van der Waals surface area contributed by atoms with Crippen molar-refractivity contribution in [2.24, 2.45) is 0 Å². The second-order valence-electron chi connectivity index (χ2n) is 8.42. The SMILES string of the molecule is CC(C)c1ccc(N2C(=O)NC(CCC(=O)NCCc3c[nH]c4ccccc34)C2=O)cc1. The highest BCUT2D eigenvalue weighted by Gasteiger charge is 2.38. The summed E-state index contributed by atoms with van der Waals surface area (Å²) in [7, 11) is 0. The third-order valence-electron chi connectivity index (χ3n) is 5.89. The maximum Gasteiger partial charge on any atom is 0.329 e. The molecule has 1 aliphatic rings. The van der Waals surface area contributed by atoms with Crippen LogP contribution < -0.4 is 15.5 Å². The van der Waals surface area contributed by atoms with Crippen molar-refractivity contribution in [3.63, 3.8) is 0 Å². The minimum atomic E-state index is -0.688. The van der Waals surface area contributed by atoms with Gasteiger partial charge in [-0.25, -0.2) is 9.69 Å². The minimum Gasteiger partial charge on any atom is -0.361 e. The zero-order chi connectivity index (χ0) is 22.7. The largest absolute Gasteiger partial charge is 0.361 e. The Morgan fingerprint density at radius 2 is 1.84 bits per heavy atom. The van der Waals surface area contributed by atoms with Gasteiger partial charge < -0.3 is 15.6 Å². The van der Waals surface area contributed by atoms with Crippen molar-refractivity contribution in [1.29, 1.82) is 0 Å². The average Bonchev–Trinajstić information content (AvgIpc) is 3.32. The summed E-state index contributed by atoms with van der Waals surface area (Å²) < 4.78 is 0. The van der Waals surface area contributed by atoms with Gasteiger partial charge in [0.15, 0.2) is 0 Å². The van der Waals surface area contributed by atoms with E-state index in [9.17, 15) is 14.4 Å². The number of rotatable bonds is 8. The zero-order valence-corrected chi connectivity index (χ0v) is 18.4. The van der Waals surface area contributed by atoms with Crippen molar-refractivity contribution in [3.05, 3.63) is 65.9 Å². The highest BCUT2D eigenvalue weighted by atomic mass is 16.2. The summed E-state index contributed by atoms with van der Waals surface area (Å²) in [5.41, 5.74) is 3.91. The lowest BCUT2D eigenvalue weighted by atomic mass is 10.0. The van der Waals surface area contributed by atoms with Crippen LogP contribution in [-0.4, -0.2) is 35.4 Å². The van der Waals surface area contributed by atoms with Crippen LogP contribution in [0, 0.1) is 0 Å². The topological polar surface area (TPSA) is 94.3 Å². The Morgan fingerprint density at radius 3 is 2.59 bits per heavy atom. The zero-order valence-electron chi connectivity index (χ0n) is 18.4. The molecule has 2 heterocycles. The summed E-state index contributed by atoms with van der Waals surface area (Å²) in [5, 5.41) is 6.76. The van der Waals surface area contributed by atoms with Crippen LogP contribution in [-0.2, 0) is 16.0 Å². The van der Waals surface area contributed by atoms with Crippen molar-refractivity contribution >= 4 is 34.4 Å². The third kappa shape index (κ3) is 4.51. The first-order chi connectivity index (χ1) is 15.4. The van der Waals surface area contributed by atoms with Crippen LogP contribution in [0.3, 0.4) is 0 Å². The second-order valence-corrected chi connectivity index (χ2v) is 8.42. The molecule has 3 N–H and O–H groups in total. The van der Waals surface area contributed by atoms with Gasteiger partial charge in [0, 0.05) is 30.1 Å². The van der Waals surface area contributed by atoms with E-state index in [1.807, 2.05) is 36.5 Å². The third-order valence-corrected chi connectivity index (χ3v) is 5.89. The number of urea groups is 1. The number of para-hydroxylation sites is 1. The number of imide groups is 1. The fourth-order valence-electron chi connectivity index (χ4n) is 4.02. The van der Waals surface area contributed by atoms with E-state index < -0.39 is 12.1 Å². The van der Waals surface area contributed by atoms with Crippen LogP contribution in [0.4, 0.5) is 10.5 Å². The van der Waals surface area contributed by atoms with E-state index in [0.717, 1.165) is 33.4 Å². The number of fused-ring (bicyclic) bond motifs is 1. The van der Waals surface area contributed by atoms with E-state index in [0.29, 0.717) is 18.2 Å². The Bertz CT molecular complexity index is 1130. The Balaban J connectivity index is 1.26. The number of nitrogens with zero attached hydrogens (tertiary/aromatic N) is 1. The van der Waals surface area contributed by atoms with Gasteiger partial charge in [0.1, 0.15) is 6.04 Å². The predicted molar refractivity (Wildman–Crippen MR) is 125 cm³/mol. The number of H-pyrrole nitrogens is 1. The lowest BCUT2D eigenvalue weighted by molar-refractivity contribution is -0.121. The summed E-state index contributed by atoms with van der Waals surface area (Å²) in [5.74, 6) is -0.0834. The lowest BCUT2D eigenvalue weighted by Gasteiger charge is -2.14. The first kappa shape index (κ1) is 21.6. The van der Waals surface area contributed by atoms with Crippen molar-refractivity contribution in [1.82, 2.24) is 15.6 Å². The first-order valence-corrected chi connectivity index (χ1v) is 11.0. The van der Waals surface area contributed by atoms with Gasteiger partial charge in [-0.1, -0.05) is 44.2 Å². The van der Waals surface area contributed by atoms with E-state index in [-0.39, 0.29) is 24.7 Å². The molecular formula is C25H28N4O3. The van der Waals surface area contributed by atoms with E-state index >= 15 is 0 Å². The molecule has 7 heteroatoms. The number of anilines is 1. The van der Waals surface area contributed by atoms with Crippen molar-refractivity contribution in [3.8, 4) is 0 Å². The molecule has 2 aromatic carbocycles. The van der Waals surface area contributed by atoms with Gasteiger partial charge in [-0.3, -0.25) is 9.59 Å². The number of hydrogen-bond donors (Lipinski definition) is 3. The Labute approximate surface area is 187 Å². The number of carbonyl (C=O) groups excluding carboxylic acids is 3. The van der Waals surface area contributed by atoms with E-state index in [2.05, 4.69) is 35.5 Å². The number of nitrogens with one attached hydrogen (secondary N) is 3. The lowest BCUT2D eigenvalue weighted by Crippen LogP contribution is -2.33.